The maximum absolute atomic E-state index is 13.3. The van der Waals surface area contributed by atoms with Crippen LogP contribution in [0, 0.1) is 0 Å². The van der Waals surface area contributed by atoms with Crippen molar-refractivity contribution in [2.45, 2.75) is 57.7 Å². The largest absolute Gasteiger partial charge is 0.507 e. The number of amides is 1. The van der Waals surface area contributed by atoms with E-state index in [0.717, 1.165) is 31.2 Å². The molecular weight excluding hydrogens is 406 g/mol. The first-order valence-corrected chi connectivity index (χ1v) is 11.1. The van der Waals surface area contributed by atoms with Gasteiger partial charge >= 0.3 is 0 Å². The molecule has 2 aliphatic rings. The molecule has 2 aromatic carbocycles. The minimum atomic E-state index is -0.682. The molecule has 1 saturated carbocycles. The van der Waals surface area contributed by atoms with Crippen molar-refractivity contribution in [1.29, 1.82) is 0 Å². The SMILES string of the molecule is COc1ccccc1/C(O)=C1/C(=O)C(=O)N(C2CCCC2)C1c1cccc(OC(C)C)c1. The highest BCUT2D eigenvalue weighted by Gasteiger charge is 2.49. The number of aliphatic hydroxyl groups is 1. The number of hydrogen-bond acceptors (Lipinski definition) is 5. The van der Waals surface area contributed by atoms with E-state index in [9.17, 15) is 14.7 Å². The molecule has 1 unspecified atom stereocenters. The molecule has 1 saturated heterocycles. The number of carbonyl (C=O) groups is 2. The molecule has 0 radical (unpaired) electrons. The number of Topliss-reactive ketones (excluding diaryl/α,β-unsaturated/α-hetero) is 1. The fourth-order valence-corrected chi connectivity index (χ4v) is 4.75. The van der Waals surface area contributed by atoms with Crippen LogP contribution in [0.25, 0.3) is 5.76 Å². The second-order valence-corrected chi connectivity index (χ2v) is 8.58. The molecule has 0 spiro atoms. The number of likely N-dealkylation sites (tertiary alicyclic amines) is 1. The van der Waals surface area contributed by atoms with Gasteiger partial charge in [0.15, 0.2) is 0 Å². The van der Waals surface area contributed by atoms with Crippen molar-refractivity contribution in [3.05, 3.63) is 65.2 Å². The Hall–Kier alpha value is -3.28. The van der Waals surface area contributed by atoms with Crippen molar-refractivity contribution in [2.75, 3.05) is 7.11 Å². The fraction of sp³-hybridized carbons (Fsp3) is 0.385. The van der Waals surface area contributed by atoms with Crippen molar-refractivity contribution < 1.29 is 24.2 Å². The first-order valence-electron chi connectivity index (χ1n) is 11.1. The summed E-state index contributed by atoms with van der Waals surface area (Å²) in [4.78, 5) is 28.1. The molecule has 4 rings (SSSR count). The van der Waals surface area contributed by atoms with Gasteiger partial charge in [-0.05, 0) is 56.5 Å². The van der Waals surface area contributed by atoms with Crippen LogP contribution in [0.15, 0.2) is 54.1 Å². The lowest BCUT2D eigenvalue weighted by atomic mass is 9.94. The number of hydrogen-bond donors (Lipinski definition) is 1. The number of benzene rings is 2. The third kappa shape index (κ3) is 3.97. The van der Waals surface area contributed by atoms with Crippen LogP contribution in [0.2, 0.25) is 0 Å². The van der Waals surface area contributed by atoms with Gasteiger partial charge in [0.1, 0.15) is 17.3 Å². The number of rotatable bonds is 6. The Kier molecular flexibility index (Phi) is 6.21. The average Bonchev–Trinajstić information content (AvgIpc) is 3.40. The highest BCUT2D eigenvalue weighted by atomic mass is 16.5. The zero-order valence-electron chi connectivity index (χ0n) is 18.7. The zero-order valence-corrected chi connectivity index (χ0v) is 18.7. The second-order valence-electron chi connectivity index (χ2n) is 8.58. The van der Waals surface area contributed by atoms with E-state index in [4.69, 9.17) is 9.47 Å². The molecule has 0 bridgehead atoms. The van der Waals surface area contributed by atoms with Gasteiger partial charge in [0.05, 0.1) is 30.4 Å². The predicted molar refractivity (Wildman–Crippen MR) is 122 cm³/mol. The van der Waals surface area contributed by atoms with Crippen LogP contribution in [-0.4, -0.2) is 41.0 Å². The third-order valence-corrected chi connectivity index (χ3v) is 6.11. The monoisotopic (exact) mass is 435 g/mol. The van der Waals surface area contributed by atoms with Gasteiger partial charge in [0, 0.05) is 6.04 Å². The highest BCUT2D eigenvalue weighted by Crippen LogP contribution is 2.44. The van der Waals surface area contributed by atoms with Crippen LogP contribution in [-0.2, 0) is 9.59 Å². The zero-order chi connectivity index (χ0) is 22.8. The van der Waals surface area contributed by atoms with Crippen molar-refractivity contribution in [1.82, 2.24) is 4.90 Å². The Bertz CT molecular complexity index is 1050. The number of carbonyl (C=O) groups excluding carboxylic acids is 2. The Morgan fingerprint density at radius 3 is 2.47 bits per heavy atom. The van der Waals surface area contributed by atoms with E-state index in [1.807, 2.05) is 38.1 Å². The van der Waals surface area contributed by atoms with Gasteiger partial charge in [-0.1, -0.05) is 37.1 Å². The number of nitrogens with zero attached hydrogens (tertiary/aromatic N) is 1. The Balaban J connectivity index is 1.89. The topological polar surface area (TPSA) is 76.1 Å². The summed E-state index contributed by atoms with van der Waals surface area (Å²) < 4.78 is 11.3. The summed E-state index contributed by atoms with van der Waals surface area (Å²) in [6, 6.07) is 13.7. The van der Waals surface area contributed by atoms with Crippen LogP contribution >= 0.6 is 0 Å². The molecule has 1 aliphatic heterocycles. The molecule has 6 nitrogen and oxygen atoms in total. The lowest BCUT2D eigenvalue weighted by Gasteiger charge is -2.31. The molecule has 1 heterocycles. The minimum Gasteiger partial charge on any atom is -0.507 e. The molecule has 1 amide bonds. The van der Waals surface area contributed by atoms with Gasteiger partial charge in [-0.2, -0.15) is 0 Å². The number of methoxy groups -OCH3 is 1. The lowest BCUT2D eigenvalue weighted by molar-refractivity contribution is -0.141. The van der Waals surface area contributed by atoms with E-state index in [1.165, 1.54) is 7.11 Å². The first-order chi connectivity index (χ1) is 15.4. The second kappa shape index (κ2) is 9.07. The average molecular weight is 436 g/mol. The molecule has 168 valence electrons. The number of aliphatic hydroxyl groups excluding tert-OH is 1. The number of para-hydroxylation sites is 1. The Labute approximate surface area is 188 Å². The summed E-state index contributed by atoms with van der Waals surface area (Å²) in [5, 5.41) is 11.3. The summed E-state index contributed by atoms with van der Waals surface area (Å²) in [5.41, 5.74) is 1.22. The molecule has 2 fully saturated rings. The van der Waals surface area contributed by atoms with Gasteiger partial charge in [-0.25, -0.2) is 0 Å². The molecule has 32 heavy (non-hydrogen) atoms. The van der Waals surface area contributed by atoms with Gasteiger partial charge in [0.2, 0.25) is 0 Å². The quantitative estimate of drug-likeness (QED) is 0.399. The van der Waals surface area contributed by atoms with Crippen molar-refractivity contribution in [3.63, 3.8) is 0 Å². The fourth-order valence-electron chi connectivity index (χ4n) is 4.75. The van der Waals surface area contributed by atoms with Gasteiger partial charge in [0.25, 0.3) is 11.7 Å². The van der Waals surface area contributed by atoms with Crippen molar-refractivity contribution in [2.24, 2.45) is 0 Å². The summed E-state index contributed by atoms with van der Waals surface area (Å²) in [5.74, 6) is -0.352. The molecule has 1 atom stereocenters. The number of ether oxygens (including phenoxy) is 2. The van der Waals surface area contributed by atoms with Crippen LogP contribution in [0.3, 0.4) is 0 Å². The molecule has 2 aromatic rings. The van der Waals surface area contributed by atoms with Gasteiger partial charge in [-0.3, -0.25) is 9.59 Å². The summed E-state index contributed by atoms with van der Waals surface area (Å²) >= 11 is 0. The van der Waals surface area contributed by atoms with Gasteiger partial charge in [-0.15, -0.1) is 0 Å². The number of ketones is 1. The maximum atomic E-state index is 13.3. The molecule has 1 N–H and O–H groups in total. The molecule has 6 heteroatoms. The smallest absolute Gasteiger partial charge is 0.295 e. The van der Waals surface area contributed by atoms with E-state index < -0.39 is 17.7 Å². The van der Waals surface area contributed by atoms with E-state index in [1.54, 1.807) is 29.2 Å². The standard InChI is InChI=1S/C26H29NO5/c1-16(2)32-19-12-8-9-17(15-19)23-22(24(28)20-13-6-7-14-21(20)31-3)25(29)26(30)27(23)18-10-4-5-11-18/h6-9,12-16,18,23,28H,4-5,10-11H2,1-3H3/b24-22-. The van der Waals surface area contributed by atoms with Crippen LogP contribution in [0.4, 0.5) is 0 Å². The third-order valence-electron chi connectivity index (χ3n) is 6.11. The Morgan fingerprint density at radius 1 is 1.06 bits per heavy atom. The van der Waals surface area contributed by atoms with E-state index in [2.05, 4.69) is 0 Å². The minimum absolute atomic E-state index is 0.0139. The lowest BCUT2D eigenvalue weighted by Crippen LogP contribution is -2.37. The summed E-state index contributed by atoms with van der Waals surface area (Å²) in [6.45, 7) is 3.89. The highest BCUT2D eigenvalue weighted by molar-refractivity contribution is 6.46. The van der Waals surface area contributed by atoms with E-state index >= 15 is 0 Å². The first kappa shape index (κ1) is 21.9. The van der Waals surface area contributed by atoms with Crippen LogP contribution < -0.4 is 9.47 Å². The normalized spacial score (nSPS) is 20.9. The van der Waals surface area contributed by atoms with Crippen LogP contribution in [0.1, 0.15) is 56.7 Å². The van der Waals surface area contributed by atoms with Crippen LogP contribution in [0.5, 0.6) is 11.5 Å². The predicted octanol–water partition coefficient (Wildman–Crippen LogP) is 4.85. The Morgan fingerprint density at radius 2 is 1.78 bits per heavy atom. The molecular formula is C26H29NO5. The van der Waals surface area contributed by atoms with Gasteiger partial charge < -0.3 is 19.5 Å². The maximum Gasteiger partial charge on any atom is 0.295 e. The molecule has 0 aromatic heterocycles. The van der Waals surface area contributed by atoms with E-state index in [0.29, 0.717) is 17.1 Å². The summed E-state index contributed by atoms with van der Waals surface area (Å²) in [7, 11) is 1.51. The summed E-state index contributed by atoms with van der Waals surface area (Å²) in [6.07, 6.45) is 3.72. The van der Waals surface area contributed by atoms with E-state index in [-0.39, 0.29) is 23.5 Å². The van der Waals surface area contributed by atoms with Crippen molar-refractivity contribution >= 4 is 17.4 Å². The molecule has 1 aliphatic carbocycles. The van der Waals surface area contributed by atoms with Crippen molar-refractivity contribution in [3.8, 4) is 11.5 Å².